The van der Waals surface area contributed by atoms with Gasteiger partial charge >= 0.3 is 0 Å². The molecular formula is C29H64F2O11. The molecule has 42 heavy (non-hydrogen) atoms. The van der Waals surface area contributed by atoms with Crippen LogP contribution in [0.1, 0.15) is 66.2 Å². The van der Waals surface area contributed by atoms with Crippen LogP contribution in [-0.2, 0) is 33.2 Å². The maximum absolute atomic E-state index is 12.6. The molecule has 0 rings (SSSR count). The molecular weight excluding hydrogens is 562 g/mol. The van der Waals surface area contributed by atoms with Gasteiger partial charge < -0.3 is 53.6 Å². The van der Waals surface area contributed by atoms with Crippen LogP contribution in [0.25, 0.3) is 0 Å². The molecule has 0 aromatic heterocycles. The van der Waals surface area contributed by atoms with Crippen LogP contribution in [0.5, 0.6) is 0 Å². The normalized spacial score (nSPS) is 13.9. The molecule has 4 atom stereocenters. The molecule has 4 N–H and O–H groups in total. The Morgan fingerprint density at radius 1 is 0.524 bits per heavy atom. The number of unbranched alkanes of at least 4 members (excludes halogenated alkanes) is 1. The first kappa shape index (κ1) is 48.3. The summed E-state index contributed by atoms with van der Waals surface area (Å²) < 4.78 is 58.7. The first-order valence-electron chi connectivity index (χ1n) is 14.7. The number of aliphatic hydroxyl groups is 4. The lowest BCUT2D eigenvalue weighted by atomic mass is 10.2. The van der Waals surface area contributed by atoms with Crippen LogP contribution in [0.4, 0.5) is 8.78 Å². The Bertz CT molecular complexity index is 475. The van der Waals surface area contributed by atoms with Crippen molar-refractivity contribution in [3.05, 3.63) is 0 Å². The van der Waals surface area contributed by atoms with E-state index in [4.69, 9.17) is 44.1 Å². The van der Waals surface area contributed by atoms with Gasteiger partial charge in [0.1, 0.15) is 24.9 Å². The lowest BCUT2D eigenvalue weighted by molar-refractivity contribution is -0.0986. The van der Waals surface area contributed by atoms with Crippen molar-refractivity contribution in [3.63, 3.8) is 0 Å². The molecule has 0 aromatic carbocycles. The summed E-state index contributed by atoms with van der Waals surface area (Å²) in [7, 11) is 6.14. The third-order valence-electron chi connectivity index (χ3n) is 4.81. The summed E-state index contributed by atoms with van der Waals surface area (Å²) in [6.45, 7) is 10.3. The van der Waals surface area contributed by atoms with Crippen LogP contribution in [0.2, 0.25) is 0 Å². The summed E-state index contributed by atoms with van der Waals surface area (Å²) in [5.41, 5.74) is 0. The number of alkyl halides is 2. The van der Waals surface area contributed by atoms with E-state index in [1.54, 1.807) is 21.3 Å². The lowest BCUT2D eigenvalue weighted by Gasteiger charge is -2.15. The summed E-state index contributed by atoms with van der Waals surface area (Å²) in [4.78, 5) is 0. The van der Waals surface area contributed by atoms with Crippen molar-refractivity contribution in [2.75, 3.05) is 94.5 Å². The maximum Gasteiger partial charge on any atom is 0.270 e. The fourth-order valence-electron chi connectivity index (χ4n) is 2.61. The smallest absolute Gasteiger partial charge is 0.270 e. The van der Waals surface area contributed by atoms with Crippen LogP contribution < -0.4 is 0 Å². The minimum absolute atomic E-state index is 0.0949. The molecule has 0 fully saturated rings. The highest BCUT2D eigenvalue weighted by molar-refractivity contribution is 4.62. The van der Waals surface area contributed by atoms with Crippen LogP contribution in [0.15, 0.2) is 0 Å². The van der Waals surface area contributed by atoms with E-state index in [0.29, 0.717) is 39.6 Å². The molecule has 11 nitrogen and oxygen atoms in total. The molecule has 260 valence electrons. The highest BCUT2D eigenvalue weighted by atomic mass is 19.3. The number of methoxy groups -OCH3 is 4. The number of rotatable bonds is 24. The van der Waals surface area contributed by atoms with Crippen molar-refractivity contribution < 1.29 is 62.4 Å². The Balaban J connectivity index is -0.000000232. The van der Waals surface area contributed by atoms with E-state index in [-0.39, 0.29) is 25.7 Å². The van der Waals surface area contributed by atoms with E-state index >= 15 is 0 Å². The zero-order valence-corrected chi connectivity index (χ0v) is 27.5. The van der Waals surface area contributed by atoms with Crippen molar-refractivity contribution in [1.29, 1.82) is 0 Å². The Kier molecular flexibility index (Phi) is 44.2. The summed E-state index contributed by atoms with van der Waals surface area (Å²) in [6.07, 6.45) is 2.72. The molecule has 0 bridgehead atoms. The second-order valence-corrected chi connectivity index (χ2v) is 9.45. The molecule has 13 heteroatoms. The van der Waals surface area contributed by atoms with Gasteiger partial charge in [-0.05, 0) is 19.3 Å². The monoisotopic (exact) mass is 626 g/mol. The topological polar surface area (TPSA) is 146 Å². The first-order valence-corrected chi connectivity index (χ1v) is 14.7. The predicted molar refractivity (Wildman–Crippen MR) is 159 cm³/mol. The molecule has 0 aliphatic carbocycles. The van der Waals surface area contributed by atoms with Gasteiger partial charge in [-0.15, -0.1) is 0 Å². The summed E-state index contributed by atoms with van der Waals surface area (Å²) in [5.74, 6) is -2.80. The number of hydrogen-bond acceptors (Lipinski definition) is 11. The average molecular weight is 627 g/mol. The van der Waals surface area contributed by atoms with Gasteiger partial charge in [-0.25, -0.2) is 8.78 Å². The highest BCUT2D eigenvalue weighted by Gasteiger charge is 2.26. The molecule has 0 spiro atoms. The van der Waals surface area contributed by atoms with Crippen LogP contribution >= 0.6 is 0 Å². The molecule has 0 heterocycles. The van der Waals surface area contributed by atoms with Gasteiger partial charge in [-0.1, -0.05) is 40.5 Å². The van der Waals surface area contributed by atoms with Crippen LogP contribution in [0, 0.1) is 0 Å². The Labute approximate surface area is 253 Å². The molecule has 0 aromatic rings. The van der Waals surface area contributed by atoms with E-state index in [1.165, 1.54) is 14.0 Å². The SMILES string of the molecule is CCC(F)(F)COCC(O)COC.CCCC(O)COC.CCCCOCC(O)COC.CCCOCC(O)COC. The van der Waals surface area contributed by atoms with Crippen molar-refractivity contribution >= 4 is 0 Å². The number of hydrogen-bond donors (Lipinski definition) is 4. The van der Waals surface area contributed by atoms with Gasteiger partial charge in [0.2, 0.25) is 0 Å². The minimum Gasteiger partial charge on any atom is -0.391 e. The van der Waals surface area contributed by atoms with E-state index in [2.05, 4.69) is 16.4 Å². The van der Waals surface area contributed by atoms with Gasteiger partial charge in [0.05, 0.1) is 52.4 Å². The molecule has 4 unspecified atom stereocenters. The quantitative estimate of drug-likeness (QED) is 0.117. The van der Waals surface area contributed by atoms with Gasteiger partial charge in [0.25, 0.3) is 5.92 Å². The fraction of sp³-hybridized carbons (Fsp3) is 1.00. The number of ether oxygens (including phenoxy) is 7. The third kappa shape index (κ3) is 46.4. The molecule has 0 aliphatic heterocycles. The van der Waals surface area contributed by atoms with E-state index < -0.39 is 30.8 Å². The van der Waals surface area contributed by atoms with Gasteiger partial charge in [0.15, 0.2) is 0 Å². The molecule has 0 amide bonds. The van der Waals surface area contributed by atoms with Crippen molar-refractivity contribution in [1.82, 2.24) is 0 Å². The van der Waals surface area contributed by atoms with Crippen molar-refractivity contribution in [3.8, 4) is 0 Å². The number of halogens is 2. The Morgan fingerprint density at radius 3 is 1.29 bits per heavy atom. The predicted octanol–water partition coefficient (Wildman–Crippen LogP) is 3.08. The van der Waals surface area contributed by atoms with E-state index in [0.717, 1.165) is 38.7 Å². The zero-order chi connectivity index (χ0) is 33.1. The first-order chi connectivity index (χ1) is 19.9. The molecule has 0 saturated carbocycles. The second kappa shape index (κ2) is 38.4. The minimum atomic E-state index is -2.80. The second-order valence-electron chi connectivity index (χ2n) is 9.45. The van der Waals surface area contributed by atoms with Gasteiger partial charge in [-0.3, -0.25) is 0 Å². The lowest BCUT2D eigenvalue weighted by Crippen LogP contribution is -2.27. The summed E-state index contributed by atoms with van der Waals surface area (Å²) in [6, 6.07) is 0. The average Bonchev–Trinajstić information content (AvgIpc) is 2.93. The van der Waals surface area contributed by atoms with Crippen molar-refractivity contribution in [2.45, 2.75) is 96.6 Å². The van der Waals surface area contributed by atoms with Crippen LogP contribution in [-0.4, -0.2) is 145 Å². The van der Waals surface area contributed by atoms with E-state index in [9.17, 15) is 8.78 Å². The number of aliphatic hydroxyl groups excluding tert-OH is 4. The molecule has 0 radical (unpaired) electrons. The Morgan fingerprint density at radius 2 is 0.929 bits per heavy atom. The fourth-order valence-corrected chi connectivity index (χ4v) is 2.61. The standard InChI is InChI=1S/C8H16F2O3.C8H18O3.C7H16O3.C6H14O2/c1-3-8(9,10)6-13-5-7(11)4-12-2;1-3-4-5-11-7-8(9)6-10-2;1-3-4-10-6-7(8)5-9-2;1-3-4-6(7)5-8-2/h7,11H,3-6H2,1-2H3;8-9H,3-7H2,1-2H3;7-8H,3-6H2,1-2H3;6-7H,3-5H2,1-2H3. The molecule has 0 saturated heterocycles. The van der Waals surface area contributed by atoms with Crippen molar-refractivity contribution in [2.24, 2.45) is 0 Å². The third-order valence-corrected chi connectivity index (χ3v) is 4.81. The summed E-state index contributed by atoms with van der Waals surface area (Å²) in [5, 5.41) is 36.1. The largest absolute Gasteiger partial charge is 0.391 e. The van der Waals surface area contributed by atoms with Gasteiger partial charge in [0, 0.05) is 48.1 Å². The molecule has 0 aliphatic rings. The summed E-state index contributed by atoms with van der Waals surface area (Å²) >= 11 is 0. The van der Waals surface area contributed by atoms with Gasteiger partial charge in [-0.2, -0.15) is 0 Å². The maximum atomic E-state index is 12.6. The zero-order valence-electron chi connectivity index (χ0n) is 27.5. The Hall–Kier alpha value is -0.580. The van der Waals surface area contributed by atoms with E-state index in [1.807, 2.05) is 13.8 Å². The van der Waals surface area contributed by atoms with Crippen LogP contribution in [0.3, 0.4) is 0 Å². The highest BCUT2D eigenvalue weighted by Crippen LogP contribution is 2.17.